The molecule has 0 saturated heterocycles. The molecule has 0 aliphatic heterocycles. The van der Waals surface area contributed by atoms with E-state index in [2.05, 4.69) is 10.3 Å². The highest BCUT2D eigenvalue weighted by Crippen LogP contribution is 2.12. The van der Waals surface area contributed by atoms with Crippen LogP contribution in [-0.2, 0) is 16.4 Å². The first-order valence-electron chi connectivity index (χ1n) is 6.54. The minimum Gasteiger partial charge on any atom is -0.347 e. The van der Waals surface area contributed by atoms with Crippen molar-refractivity contribution in [1.29, 1.82) is 0 Å². The largest absolute Gasteiger partial charge is 0.347 e. The maximum atomic E-state index is 11.8. The molecule has 0 bridgehead atoms. The highest BCUT2D eigenvalue weighted by Gasteiger charge is 2.11. The van der Waals surface area contributed by atoms with Crippen LogP contribution in [0.2, 0.25) is 0 Å². The van der Waals surface area contributed by atoms with Gasteiger partial charge in [-0.25, -0.2) is 8.42 Å². The van der Waals surface area contributed by atoms with Gasteiger partial charge in [-0.3, -0.25) is 9.78 Å². The van der Waals surface area contributed by atoms with Gasteiger partial charge in [-0.2, -0.15) is 0 Å². The number of carbonyl (C=O) groups excluding carboxylic acids is 1. The van der Waals surface area contributed by atoms with Gasteiger partial charge in [0.25, 0.3) is 5.91 Å². The minimum absolute atomic E-state index is 0.0722. The van der Waals surface area contributed by atoms with Crippen LogP contribution in [0.5, 0.6) is 0 Å². The molecular formula is C15H16N2O3S. The molecule has 21 heavy (non-hydrogen) atoms. The van der Waals surface area contributed by atoms with Gasteiger partial charge in [0.1, 0.15) is 5.69 Å². The van der Waals surface area contributed by atoms with Crippen molar-refractivity contribution in [3.8, 4) is 0 Å². The molecule has 1 N–H and O–H groups in total. The Hall–Kier alpha value is -2.21. The SMILES string of the molecule is CCS(=O)(=O)c1ccc(CNC(=O)c2ccccn2)cc1. The summed E-state index contributed by atoms with van der Waals surface area (Å²) >= 11 is 0. The Labute approximate surface area is 124 Å². The van der Waals surface area contributed by atoms with Crippen LogP contribution in [0.15, 0.2) is 53.6 Å². The summed E-state index contributed by atoms with van der Waals surface area (Å²) < 4.78 is 23.4. The normalized spacial score (nSPS) is 11.1. The van der Waals surface area contributed by atoms with Gasteiger partial charge in [0.15, 0.2) is 9.84 Å². The van der Waals surface area contributed by atoms with E-state index in [9.17, 15) is 13.2 Å². The van der Waals surface area contributed by atoms with Crippen LogP contribution < -0.4 is 5.32 Å². The molecule has 0 radical (unpaired) electrons. The Morgan fingerprint density at radius 1 is 1.14 bits per heavy atom. The molecule has 2 rings (SSSR count). The summed E-state index contributed by atoms with van der Waals surface area (Å²) in [5.41, 5.74) is 1.18. The average molecular weight is 304 g/mol. The number of pyridine rings is 1. The van der Waals surface area contributed by atoms with E-state index in [0.717, 1.165) is 5.56 Å². The lowest BCUT2D eigenvalue weighted by atomic mass is 10.2. The number of hydrogen-bond donors (Lipinski definition) is 1. The molecule has 5 nitrogen and oxygen atoms in total. The molecule has 1 aromatic carbocycles. The van der Waals surface area contributed by atoms with E-state index in [1.807, 2.05) is 0 Å². The van der Waals surface area contributed by atoms with Crippen molar-refractivity contribution < 1.29 is 13.2 Å². The predicted octanol–water partition coefficient (Wildman–Crippen LogP) is 1.81. The summed E-state index contributed by atoms with van der Waals surface area (Å²) in [6.07, 6.45) is 1.55. The predicted molar refractivity (Wildman–Crippen MR) is 79.6 cm³/mol. The highest BCUT2D eigenvalue weighted by atomic mass is 32.2. The second-order valence-electron chi connectivity index (χ2n) is 4.45. The zero-order chi connectivity index (χ0) is 15.3. The first-order valence-corrected chi connectivity index (χ1v) is 8.19. The summed E-state index contributed by atoms with van der Waals surface area (Å²) in [6, 6.07) is 11.6. The number of nitrogens with one attached hydrogen (secondary N) is 1. The Bertz CT molecular complexity index is 710. The standard InChI is InChI=1S/C15H16N2O3S/c1-2-21(19,20)13-8-6-12(7-9-13)11-17-15(18)14-5-3-4-10-16-14/h3-10H,2,11H2,1H3,(H,17,18). The second kappa shape index (κ2) is 6.49. The Kier molecular flexibility index (Phi) is 4.70. The smallest absolute Gasteiger partial charge is 0.270 e. The van der Waals surface area contributed by atoms with E-state index in [-0.39, 0.29) is 11.7 Å². The van der Waals surface area contributed by atoms with Crippen LogP contribution >= 0.6 is 0 Å². The van der Waals surface area contributed by atoms with E-state index >= 15 is 0 Å². The maximum absolute atomic E-state index is 11.8. The molecule has 0 unspecified atom stereocenters. The molecule has 1 amide bonds. The molecule has 1 aromatic heterocycles. The highest BCUT2D eigenvalue weighted by molar-refractivity contribution is 7.91. The maximum Gasteiger partial charge on any atom is 0.270 e. The number of sulfone groups is 1. The first kappa shape index (κ1) is 15.2. The van der Waals surface area contributed by atoms with Gasteiger partial charge < -0.3 is 5.32 Å². The van der Waals surface area contributed by atoms with Gasteiger partial charge in [-0.15, -0.1) is 0 Å². The number of hydrogen-bond acceptors (Lipinski definition) is 4. The summed E-state index contributed by atoms with van der Waals surface area (Å²) in [7, 11) is -3.19. The minimum atomic E-state index is -3.19. The number of amides is 1. The van der Waals surface area contributed by atoms with Crippen LogP contribution in [0.1, 0.15) is 23.0 Å². The number of aromatic nitrogens is 1. The van der Waals surface area contributed by atoms with Crippen LogP contribution in [0.3, 0.4) is 0 Å². The molecule has 110 valence electrons. The van der Waals surface area contributed by atoms with E-state index in [0.29, 0.717) is 17.1 Å². The molecule has 0 aliphatic carbocycles. The monoisotopic (exact) mass is 304 g/mol. The van der Waals surface area contributed by atoms with Crippen LogP contribution in [0, 0.1) is 0 Å². The van der Waals surface area contributed by atoms with Crippen molar-refractivity contribution in [3.63, 3.8) is 0 Å². The third-order valence-electron chi connectivity index (χ3n) is 3.01. The molecule has 0 spiro atoms. The number of nitrogens with zero attached hydrogens (tertiary/aromatic N) is 1. The van der Waals surface area contributed by atoms with Gasteiger partial charge in [0.2, 0.25) is 0 Å². The topological polar surface area (TPSA) is 76.1 Å². The Morgan fingerprint density at radius 3 is 2.43 bits per heavy atom. The fourth-order valence-corrected chi connectivity index (χ4v) is 2.64. The lowest BCUT2D eigenvalue weighted by Gasteiger charge is -2.06. The summed E-state index contributed by atoms with van der Waals surface area (Å²) in [5.74, 6) is -0.191. The quantitative estimate of drug-likeness (QED) is 0.914. The number of rotatable bonds is 5. The third kappa shape index (κ3) is 3.88. The van der Waals surface area contributed by atoms with Crippen molar-refractivity contribution >= 4 is 15.7 Å². The van der Waals surface area contributed by atoms with Crippen molar-refractivity contribution in [2.45, 2.75) is 18.4 Å². The zero-order valence-electron chi connectivity index (χ0n) is 11.6. The van der Waals surface area contributed by atoms with E-state index < -0.39 is 9.84 Å². The first-order chi connectivity index (χ1) is 10.0. The van der Waals surface area contributed by atoms with Crippen LogP contribution in [0.4, 0.5) is 0 Å². The van der Waals surface area contributed by atoms with Crippen LogP contribution in [0.25, 0.3) is 0 Å². The zero-order valence-corrected chi connectivity index (χ0v) is 12.4. The van der Waals surface area contributed by atoms with Gasteiger partial charge in [-0.1, -0.05) is 25.1 Å². The van der Waals surface area contributed by atoms with E-state index in [1.54, 1.807) is 55.6 Å². The van der Waals surface area contributed by atoms with Crippen molar-refractivity contribution in [2.24, 2.45) is 0 Å². The lowest BCUT2D eigenvalue weighted by molar-refractivity contribution is 0.0946. The lowest BCUT2D eigenvalue weighted by Crippen LogP contribution is -2.23. The second-order valence-corrected chi connectivity index (χ2v) is 6.72. The van der Waals surface area contributed by atoms with Gasteiger partial charge in [0.05, 0.1) is 10.6 Å². The van der Waals surface area contributed by atoms with Crippen molar-refractivity contribution in [1.82, 2.24) is 10.3 Å². The van der Waals surface area contributed by atoms with Gasteiger partial charge in [0, 0.05) is 12.7 Å². The average Bonchev–Trinajstić information content (AvgIpc) is 2.54. The number of carbonyl (C=O) groups is 1. The molecule has 2 aromatic rings. The van der Waals surface area contributed by atoms with E-state index in [4.69, 9.17) is 0 Å². The molecule has 6 heteroatoms. The number of benzene rings is 1. The Balaban J connectivity index is 2.00. The van der Waals surface area contributed by atoms with Crippen molar-refractivity contribution in [2.75, 3.05) is 5.75 Å². The summed E-state index contributed by atoms with van der Waals surface area (Å²) in [5, 5.41) is 2.74. The van der Waals surface area contributed by atoms with Crippen LogP contribution in [-0.4, -0.2) is 25.1 Å². The van der Waals surface area contributed by atoms with Crippen molar-refractivity contribution in [3.05, 3.63) is 59.9 Å². The molecular weight excluding hydrogens is 288 g/mol. The fourth-order valence-electron chi connectivity index (χ4n) is 1.75. The molecule has 1 heterocycles. The fraction of sp³-hybridized carbons (Fsp3) is 0.200. The van der Waals surface area contributed by atoms with Gasteiger partial charge in [-0.05, 0) is 29.8 Å². The summed E-state index contributed by atoms with van der Waals surface area (Å²) in [4.78, 5) is 16.1. The Morgan fingerprint density at radius 2 is 1.86 bits per heavy atom. The van der Waals surface area contributed by atoms with Gasteiger partial charge >= 0.3 is 0 Å². The molecule has 0 fully saturated rings. The summed E-state index contributed by atoms with van der Waals surface area (Å²) in [6.45, 7) is 1.93. The third-order valence-corrected chi connectivity index (χ3v) is 4.76. The molecule has 0 saturated carbocycles. The molecule has 0 aliphatic rings. The van der Waals surface area contributed by atoms with E-state index in [1.165, 1.54) is 0 Å². The molecule has 0 atom stereocenters.